The Kier molecular flexibility index (Phi) is 6.23. The molecule has 1 atom stereocenters. The molecule has 0 radical (unpaired) electrons. The standard InChI is InChI=1S/C22H19F3N4O3S/c1-13(30)26-17(19-5-3-9-33-19)11-20(31)28-21-27-16-10-14(22(23,24)25)6-7-18(16)29(21)12-15-4-2-8-32-15/h2-10,17H,11-12H2,1H3,(H,26,30)(H,27,28,31). The van der Waals surface area contributed by atoms with E-state index in [0.29, 0.717) is 11.3 Å². The smallest absolute Gasteiger partial charge is 0.416 e. The number of carbonyl (C=O) groups is 2. The van der Waals surface area contributed by atoms with Crippen molar-refractivity contribution in [3.63, 3.8) is 0 Å². The van der Waals surface area contributed by atoms with E-state index in [9.17, 15) is 22.8 Å². The maximum atomic E-state index is 13.2. The average Bonchev–Trinajstić information content (AvgIpc) is 3.48. The molecule has 0 fully saturated rings. The number of amides is 2. The first-order chi connectivity index (χ1) is 15.7. The Morgan fingerprint density at radius 2 is 2.03 bits per heavy atom. The molecule has 0 saturated carbocycles. The Labute approximate surface area is 190 Å². The summed E-state index contributed by atoms with van der Waals surface area (Å²) in [7, 11) is 0. The fourth-order valence-corrected chi connectivity index (χ4v) is 4.22. The molecule has 4 aromatic rings. The number of nitrogens with zero attached hydrogens (tertiary/aromatic N) is 2. The van der Waals surface area contributed by atoms with Crippen molar-refractivity contribution in [2.45, 2.75) is 32.1 Å². The minimum Gasteiger partial charge on any atom is -0.467 e. The number of thiophene rings is 1. The second kappa shape index (κ2) is 9.10. The van der Waals surface area contributed by atoms with Gasteiger partial charge in [0, 0.05) is 11.8 Å². The topological polar surface area (TPSA) is 89.2 Å². The number of halogens is 3. The summed E-state index contributed by atoms with van der Waals surface area (Å²) in [6.07, 6.45) is -3.11. The number of hydrogen-bond acceptors (Lipinski definition) is 5. The number of aromatic nitrogens is 2. The molecule has 11 heteroatoms. The summed E-state index contributed by atoms with van der Waals surface area (Å²) in [5, 5.41) is 7.26. The number of benzene rings is 1. The highest BCUT2D eigenvalue weighted by Crippen LogP contribution is 2.32. The summed E-state index contributed by atoms with van der Waals surface area (Å²) < 4.78 is 46.4. The Morgan fingerprint density at radius 3 is 2.67 bits per heavy atom. The molecule has 0 aliphatic rings. The quantitative estimate of drug-likeness (QED) is 0.394. The van der Waals surface area contributed by atoms with Crippen molar-refractivity contribution in [3.05, 3.63) is 70.3 Å². The molecule has 0 spiro atoms. The molecule has 0 bridgehead atoms. The molecule has 2 amide bonds. The van der Waals surface area contributed by atoms with Crippen LogP contribution in [-0.4, -0.2) is 21.4 Å². The zero-order valence-electron chi connectivity index (χ0n) is 17.3. The predicted molar refractivity (Wildman–Crippen MR) is 117 cm³/mol. The number of furan rings is 1. The summed E-state index contributed by atoms with van der Waals surface area (Å²) in [6.45, 7) is 1.52. The Hall–Kier alpha value is -3.60. The van der Waals surface area contributed by atoms with Crippen LogP contribution in [0.5, 0.6) is 0 Å². The van der Waals surface area contributed by atoms with Crippen molar-refractivity contribution in [2.24, 2.45) is 0 Å². The van der Waals surface area contributed by atoms with Crippen molar-refractivity contribution < 1.29 is 27.2 Å². The molecule has 172 valence electrons. The van der Waals surface area contributed by atoms with Crippen LogP contribution in [-0.2, 0) is 22.3 Å². The van der Waals surface area contributed by atoms with Gasteiger partial charge < -0.3 is 14.3 Å². The van der Waals surface area contributed by atoms with E-state index in [4.69, 9.17) is 4.42 Å². The van der Waals surface area contributed by atoms with Gasteiger partial charge in [0.25, 0.3) is 0 Å². The van der Waals surface area contributed by atoms with E-state index in [0.717, 1.165) is 17.0 Å². The van der Waals surface area contributed by atoms with Gasteiger partial charge in [-0.25, -0.2) is 4.98 Å². The molecule has 0 aliphatic heterocycles. The highest BCUT2D eigenvalue weighted by molar-refractivity contribution is 7.10. The largest absolute Gasteiger partial charge is 0.467 e. The number of fused-ring (bicyclic) bond motifs is 1. The summed E-state index contributed by atoms with van der Waals surface area (Å²) in [4.78, 5) is 29.5. The van der Waals surface area contributed by atoms with Crippen molar-refractivity contribution in [1.29, 1.82) is 0 Å². The van der Waals surface area contributed by atoms with Gasteiger partial charge in [-0.2, -0.15) is 13.2 Å². The Morgan fingerprint density at radius 1 is 1.21 bits per heavy atom. The number of nitrogens with one attached hydrogen (secondary N) is 2. The molecular weight excluding hydrogens is 457 g/mol. The molecule has 1 unspecified atom stereocenters. The average molecular weight is 476 g/mol. The molecule has 4 rings (SSSR count). The molecule has 0 saturated heterocycles. The van der Waals surface area contributed by atoms with Gasteiger partial charge in [0.2, 0.25) is 17.8 Å². The fourth-order valence-electron chi connectivity index (χ4n) is 3.44. The second-order valence-electron chi connectivity index (χ2n) is 7.32. The lowest BCUT2D eigenvalue weighted by molar-refractivity contribution is -0.137. The van der Waals surface area contributed by atoms with E-state index in [1.807, 2.05) is 17.5 Å². The van der Waals surface area contributed by atoms with Gasteiger partial charge in [-0.05, 0) is 41.8 Å². The maximum absolute atomic E-state index is 13.2. The van der Waals surface area contributed by atoms with E-state index < -0.39 is 23.7 Å². The SMILES string of the molecule is CC(=O)NC(CC(=O)Nc1nc2cc(C(F)(F)F)ccc2n1Cc1ccco1)c1cccs1. The molecule has 33 heavy (non-hydrogen) atoms. The summed E-state index contributed by atoms with van der Waals surface area (Å²) in [5.41, 5.74) is -0.339. The van der Waals surface area contributed by atoms with E-state index in [1.54, 1.807) is 16.7 Å². The van der Waals surface area contributed by atoms with Gasteiger partial charge in [-0.3, -0.25) is 14.9 Å². The highest BCUT2D eigenvalue weighted by atomic mass is 32.1. The number of alkyl halides is 3. The lowest BCUT2D eigenvalue weighted by atomic mass is 10.1. The van der Waals surface area contributed by atoms with Crippen molar-refractivity contribution in [3.8, 4) is 0 Å². The van der Waals surface area contributed by atoms with Gasteiger partial charge in [0.05, 0.1) is 41.9 Å². The lowest BCUT2D eigenvalue weighted by Gasteiger charge is -2.16. The van der Waals surface area contributed by atoms with E-state index >= 15 is 0 Å². The lowest BCUT2D eigenvalue weighted by Crippen LogP contribution is -2.29. The minimum atomic E-state index is -4.52. The zero-order chi connectivity index (χ0) is 23.6. The van der Waals surface area contributed by atoms with Crippen molar-refractivity contribution in [2.75, 3.05) is 5.32 Å². The van der Waals surface area contributed by atoms with Crippen LogP contribution in [0, 0.1) is 0 Å². The van der Waals surface area contributed by atoms with Crippen LogP contribution >= 0.6 is 11.3 Å². The molecule has 1 aromatic carbocycles. The second-order valence-corrected chi connectivity index (χ2v) is 8.30. The van der Waals surface area contributed by atoms with Crippen molar-refractivity contribution in [1.82, 2.24) is 14.9 Å². The van der Waals surface area contributed by atoms with Gasteiger partial charge >= 0.3 is 6.18 Å². The van der Waals surface area contributed by atoms with Crippen LogP contribution < -0.4 is 10.6 Å². The third-order valence-electron chi connectivity index (χ3n) is 4.87. The Balaban J connectivity index is 1.64. The molecular formula is C22H19F3N4O3S. The predicted octanol–water partition coefficient (Wildman–Crippen LogP) is 4.96. The van der Waals surface area contributed by atoms with Crippen LogP contribution in [0.1, 0.15) is 35.6 Å². The number of rotatable bonds is 7. The van der Waals surface area contributed by atoms with E-state index in [2.05, 4.69) is 15.6 Å². The molecule has 2 N–H and O–H groups in total. The molecule has 3 aromatic heterocycles. The number of carbonyl (C=O) groups excluding carboxylic acids is 2. The maximum Gasteiger partial charge on any atom is 0.416 e. The van der Waals surface area contributed by atoms with Crippen LogP contribution in [0.2, 0.25) is 0 Å². The summed E-state index contributed by atoms with van der Waals surface area (Å²) in [6, 6.07) is 9.71. The van der Waals surface area contributed by atoms with E-state index in [1.165, 1.54) is 30.6 Å². The van der Waals surface area contributed by atoms with Gasteiger partial charge in [0.15, 0.2) is 0 Å². The monoisotopic (exact) mass is 476 g/mol. The Bertz CT molecular complexity index is 1260. The minimum absolute atomic E-state index is 0.0716. The molecule has 3 heterocycles. The van der Waals surface area contributed by atoms with Gasteiger partial charge in [0.1, 0.15) is 5.76 Å². The number of hydrogen-bond donors (Lipinski definition) is 2. The first kappa shape index (κ1) is 22.6. The van der Waals surface area contributed by atoms with Gasteiger partial charge in [-0.1, -0.05) is 6.07 Å². The number of anilines is 1. The van der Waals surface area contributed by atoms with Gasteiger partial charge in [-0.15, -0.1) is 11.3 Å². The normalized spacial score (nSPS) is 12.6. The first-order valence-electron chi connectivity index (χ1n) is 9.91. The summed E-state index contributed by atoms with van der Waals surface area (Å²) in [5.74, 6) is -0.113. The van der Waals surface area contributed by atoms with Crippen LogP contribution in [0.3, 0.4) is 0 Å². The third-order valence-corrected chi connectivity index (χ3v) is 5.86. The summed E-state index contributed by atoms with van der Waals surface area (Å²) >= 11 is 1.40. The highest BCUT2D eigenvalue weighted by Gasteiger charge is 2.31. The fraction of sp³-hybridized carbons (Fsp3) is 0.227. The molecule has 0 aliphatic carbocycles. The van der Waals surface area contributed by atoms with Crippen LogP contribution in [0.15, 0.2) is 58.5 Å². The zero-order valence-corrected chi connectivity index (χ0v) is 18.2. The van der Waals surface area contributed by atoms with Crippen molar-refractivity contribution >= 4 is 40.1 Å². The van der Waals surface area contributed by atoms with E-state index in [-0.39, 0.29) is 30.3 Å². The van der Waals surface area contributed by atoms with Crippen LogP contribution in [0.4, 0.5) is 19.1 Å². The van der Waals surface area contributed by atoms with Crippen LogP contribution in [0.25, 0.3) is 11.0 Å². The number of imidazole rings is 1. The molecule has 7 nitrogen and oxygen atoms in total. The third kappa shape index (κ3) is 5.25. The first-order valence-corrected chi connectivity index (χ1v) is 10.8.